The quantitative estimate of drug-likeness (QED) is 0.802. The SMILES string of the molecule is Cc1cc(C(=O)N2CCN(c3ncccn3)CC2)nc(N2CCC(C)CC2)n1. The van der Waals surface area contributed by atoms with Crippen LogP contribution in [-0.4, -0.2) is 70.0 Å². The Bertz CT molecular complexity index is 813. The van der Waals surface area contributed by atoms with Gasteiger partial charge in [-0.25, -0.2) is 19.9 Å². The van der Waals surface area contributed by atoms with E-state index in [2.05, 4.69) is 36.7 Å². The summed E-state index contributed by atoms with van der Waals surface area (Å²) in [5.41, 5.74) is 1.33. The van der Waals surface area contributed by atoms with Crippen LogP contribution < -0.4 is 9.80 Å². The van der Waals surface area contributed by atoms with Gasteiger partial charge in [0.05, 0.1) is 0 Å². The first-order valence-electron chi connectivity index (χ1n) is 10.0. The van der Waals surface area contributed by atoms with Crippen molar-refractivity contribution in [1.29, 1.82) is 0 Å². The molecule has 2 aromatic rings. The number of hydrogen-bond donors (Lipinski definition) is 0. The number of aromatic nitrogens is 4. The second-order valence-corrected chi connectivity index (χ2v) is 7.69. The zero-order valence-electron chi connectivity index (χ0n) is 16.6. The molecule has 4 rings (SSSR count). The third-order valence-electron chi connectivity index (χ3n) is 5.53. The molecule has 2 fully saturated rings. The number of amides is 1. The van der Waals surface area contributed by atoms with Gasteiger partial charge < -0.3 is 14.7 Å². The summed E-state index contributed by atoms with van der Waals surface area (Å²) in [4.78, 5) is 37.0. The summed E-state index contributed by atoms with van der Waals surface area (Å²) in [6.45, 7) is 8.82. The number of aryl methyl sites for hydroxylation is 1. The Labute approximate surface area is 165 Å². The Hall–Kier alpha value is -2.77. The Balaban J connectivity index is 1.43. The number of piperazine rings is 1. The van der Waals surface area contributed by atoms with E-state index in [1.807, 2.05) is 11.8 Å². The van der Waals surface area contributed by atoms with Crippen molar-refractivity contribution < 1.29 is 4.79 Å². The maximum atomic E-state index is 13.0. The topological polar surface area (TPSA) is 78.4 Å². The number of piperidine rings is 1. The molecular weight excluding hydrogens is 354 g/mol. The normalized spacial score (nSPS) is 18.4. The fraction of sp³-hybridized carbons (Fsp3) is 0.550. The van der Waals surface area contributed by atoms with Crippen LogP contribution >= 0.6 is 0 Å². The lowest BCUT2D eigenvalue weighted by molar-refractivity contribution is 0.0740. The maximum Gasteiger partial charge on any atom is 0.272 e. The van der Waals surface area contributed by atoms with Gasteiger partial charge >= 0.3 is 0 Å². The molecule has 0 saturated carbocycles. The monoisotopic (exact) mass is 381 g/mol. The van der Waals surface area contributed by atoms with Crippen molar-refractivity contribution in [2.45, 2.75) is 26.7 Å². The van der Waals surface area contributed by atoms with Gasteiger partial charge in [0.15, 0.2) is 0 Å². The molecule has 28 heavy (non-hydrogen) atoms. The molecular formula is C20H27N7O. The molecule has 0 bridgehead atoms. The summed E-state index contributed by atoms with van der Waals surface area (Å²) in [6.07, 6.45) is 5.77. The summed E-state index contributed by atoms with van der Waals surface area (Å²) < 4.78 is 0. The molecule has 2 aliphatic rings. The number of nitrogens with zero attached hydrogens (tertiary/aromatic N) is 7. The van der Waals surface area contributed by atoms with E-state index in [9.17, 15) is 4.79 Å². The van der Waals surface area contributed by atoms with Crippen molar-refractivity contribution in [1.82, 2.24) is 24.8 Å². The highest BCUT2D eigenvalue weighted by Crippen LogP contribution is 2.21. The van der Waals surface area contributed by atoms with Crippen LogP contribution in [0.15, 0.2) is 24.5 Å². The van der Waals surface area contributed by atoms with Crippen molar-refractivity contribution in [3.05, 3.63) is 35.9 Å². The maximum absolute atomic E-state index is 13.0. The average molecular weight is 381 g/mol. The van der Waals surface area contributed by atoms with E-state index in [4.69, 9.17) is 0 Å². The van der Waals surface area contributed by atoms with E-state index < -0.39 is 0 Å². The zero-order valence-corrected chi connectivity index (χ0v) is 16.6. The molecule has 0 radical (unpaired) electrons. The number of rotatable bonds is 3. The minimum atomic E-state index is -0.0224. The fourth-order valence-electron chi connectivity index (χ4n) is 3.74. The van der Waals surface area contributed by atoms with E-state index >= 15 is 0 Å². The van der Waals surface area contributed by atoms with Crippen LogP contribution in [-0.2, 0) is 0 Å². The van der Waals surface area contributed by atoms with Gasteiger partial charge in [0.1, 0.15) is 5.69 Å². The van der Waals surface area contributed by atoms with Crippen molar-refractivity contribution in [3.63, 3.8) is 0 Å². The summed E-state index contributed by atoms with van der Waals surface area (Å²) in [6, 6.07) is 3.60. The summed E-state index contributed by atoms with van der Waals surface area (Å²) in [7, 11) is 0. The van der Waals surface area contributed by atoms with Crippen molar-refractivity contribution in [2.24, 2.45) is 5.92 Å². The van der Waals surface area contributed by atoms with Gasteiger partial charge in [-0.1, -0.05) is 6.92 Å². The molecule has 0 spiro atoms. The predicted octanol–water partition coefficient (Wildman–Crippen LogP) is 1.77. The van der Waals surface area contributed by atoms with Crippen molar-refractivity contribution in [2.75, 3.05) is 49.1 Å². The summed E-state index contributed by atoms with van der Waals surface area (Å²) in [5.74, 6) is 2.12. The molecule has 8 heteroatoms. The molecule has 0 unspecified atom stereocenters. The van der Waals surface area contributed by atoms with Gasteiger partial charge in [-0.3, -0.25) is 4.79 Å². The van der Waals surface area contributed by atoms with Crippen LogP contribution in [0.5, 0.6) is 0 Å². The van der Waals surface area contributed by atoms with Gasteiger partial charge in [0.2, 0.25) is 11.9 Å². The van der Waals surface area contributed by atoms with Gasteiger partial charge in [0, 0.05) is 57.4 Å². The highest BCUT2D eigenvalue weighted by atomic mass is 16.2. The second kappa shape index (κ2) is 8.08. The van der Waals surface area contributed by atoms with E-state index in [0.29, 0.717) is 30.7 Å². The van der Waals surface area contributed by atoms with Crippen LogP contribution in [0.2, 0.25) is 0 Å². The first-order chi connectivity index (χ1) is 13.6. The minimum Gasteiger partial charge on any atom is -0.341 e. The summed E-state index contributed by atoms with van der Waals surface area (Å²) >= 11 is 0. The number of anilines is 2. The lowest BCUT2D eigenvalue weighted by Gasteiger charge is -2.34. The Morgan fingerprint density at radius 3 is 2.25 bits per heavy atom. The third-order valence-corrected chi connectivity index (χ3v) is 5.53. The van der Waals surface area contributed by atoms with Crippen LogP contribution in [0.3, 0.4) is 0 Å². The molecule has 2 saturated heterocycles. The van der Waals surface area contributed by atoms with Crippen LogP contribution in [0.25, 0.3) is 0 Å². The van der Waals surface area contributed by atoms with E-state index in [0.717, 1.165) is 50.6 Å². The molecule has 148 valence electrons. The van der Waals surface area contributed by atoms with Crippen LogP contribution in [0, 0.1) is 12.8 Å². The average Bonchev–Trinajstić information content (AvgIpc) is 2.74. The molecule has 4 heterocycles. The molecule has 0 atom stereocenters. The molecule has 0 aromatic carbocycles. The molecule has 2 aromatic heterocycles. The molecule has 1 amide bonds. The van der Waals surface area contributed by atoms with Gasteiger partial charge in [0.25, 0.3) is 5.91 Å². The smallest absolute Gasteiger partial charge is 0.272 e. The third kappa shape index (κ3) is 4.05. The van der Waals surface area contributed by atoms with Crippen LogP contribution in [0.1, 0.15) is 35.9 Å². The number of carbonyl (C=O) groups excluding carboxylic acids is 1. The molecule has 8 nitrogen and oxygen atoms in total. The lowest BCUT2D eigenvalue weighted by Crippen LogP contribution is -2.49. The highest BCUT2D eigenvalue weighted by Gasteiger charge is 2.26. The zero-order chi connectivity index (χ0) is 19.5. The standard InChI is InChI=1S/C20H27N7O/c1-15-4-8-26(9-5-15)20-23-16(2)14-17(24-20)18(28)25-10-12-27(13-11-25)19-21-6-3-7-22-19/h3,6-7,14-15H,4-5,8-13H2,1-2H3. The number of hydrogen-bond acceptors (Lipinski definition) is 7. The Kier molecular flexibility index (Phi) is 5.36. The first-order valence-corrected chi connectivity index (χ1v) is 10.0. The van der Waals surface area contributed by atoms with Gasteiger partial charge in [-0.15, -0.1) is 0 Å². The minimum absolute atomic E-state index is 0.0224. The molecule has 2 aliphatic heterocycles. The van der Waals surface area contributed by atoms with E-state index in [1.54, 1.807) is 24.5 Å². The van der Waals surface area contributed by atoms with Crippen LogP contribution in [0.4, 0.5) is 11.9 Å². The lowest BCUT2D eigenvalue weighted by atomic mass is 10.00. The van der Waals surface area contributed by atoms with Crippen molar-refractivity contribution >= 4 is 17.8 Å². The fourth-order valence-corrected chi connectivity index (χ4v) is 3.74. The van der Waals surface area contributed by atoms with Crippen molar-refractivity contribution in [3.8, 4) is 0 Å². The Morgan fingerprint density at radius 2 is 1.57 bits per heavy atom. The van der Waals surface area contributed by atoms with E-state index in [-0.39, 0.29) is 5.91 Å². The number of carbonyl (C=O) groups is 1. The molecule has 0 N–H and O–H groups in total. The second-order valence-electron chi connectivity index (χ2n) is 7.69. The first kappa shape index (κ1) is 18.6. The Morgan fingerprint density at radius 1 is 0.929 bits per heavy atom. The largest absolute Gasteiger partial charge is 0.341 e. The predicted molar refractivity (Wildman–Crippen MR) is 108 cm³/mol. The summed E-state index contributed by atoms with van der Waals surface area (Å²) in [5, 5.41) is 0. The highest BCUT2D eigenvalue weighted by molar-refractivity contribution is 5.92. The van der Waals surface area contributed by atoms with E-state index in [1.165, 1.54) is 0 Å². The van der Waals surface area contributed by atoms with Gasteiger partial charge in [-0.2, -0.15) is 0 Å². The molecule has 0 aliphatic carbocycles. The van der Waals surface area contributed by atoms with Gasteiger partial charge in [-0.05, 0) is 37.8 Å².